The maximum absolute atomic E-state index is 3.36. The highest BCUT2D eigenvalue weighted by Gasteiger charge is 2.15. The highest BCUT2D eigenvalue weighted by Crippen LogP contribution is 2.19. The summed E-state index contributed by atoms with van der Waals surface area (Å²) < 4.78 is 0. The standard InChI is InChI=1S/C16H16N/c1-2-6-14(7-3-1)12-17-11-10-15-8-4-5-9-16(15)13-17/h1-8H,10-13H2. The van der Waals surface area contributed by atoms with E-state index < -0.39 is 0 Å². The molecule has 1 aliphatic rings. The Labute approximate surface area is 103 Å². The molecule has 0 saturated heterocycles. The van der Waals surface area contributed by atoms with Crippen molar-refractivity contribution in [2.75, 3.05) is 6.54 Å². The van der Waals surface area contributed by atoms with Crippen LogP contribution in [0.3, 0.4) is 0 Å². The average Bonchev–Trinajstić information content (AvgIpc) is 2.40. The third kappa shape index (κ3) is 2.40. The van der Waals surface area contributed by atoms with Crippen molar-refractivity contribution in [2.45, 2.75) is 19.5 Å². The first kappa shape index (κ1) is 10.5. The molecule has 0 unspecified atom stereocenters. The molecule has 85 valence electrons. The van der Waals surface area contributed by atoms with Crippen LogP contribution in [0.4, 0.5) is 0 Å². The van der Waals surface area contributed by atoms with Gasteiger partial charge >= 0.3 is 0 Å². The molecule has 0 N–H and O–H groups in total. The summed E-state index contributed by atoms with van der Waals surface area (Å²) in [6.45, 7) is 3.23. The number of nitrogens with zero attached hydrogens (tertiary/aromatic N) is 1. The summed E-state index contributed by atoms with van der Waals surface area (Å²) in [7, 11) is 0. The van der Waals surface area contributed by atoms with Crippen LogP contribution >= 0.6 is 0 Å². The number of rotatable bonds is 2. The molecular weight excluding hydrogens is 206 g/mol. The Bertz CT molecular complexity index is 490. The maximum atomic E-state index is 3.36. The van der Waals surface area contributed by atoms with E-state index in [4.69, 9.17) is 0 Å². The summed E-state index contributed by atoms with van der Waals surface area (Å²) in [5.74, 6) is 0. The van der Waals surface area contributed by atoms with Gasteiger partial charge in [-0.25, -0.2) is 0 Å². The average molecular weight is 222 g/mol. The van der Waals surface area contributed by atoms with Crippen molar-refractivity contribution in [2.24, 2.45) is 0 Å². The normalized spacial score (nSPS) is 15.5. The predicted octanol–water partition coefficient (Wildman–Crippen LogP) is 3.05. The van der Waals surface area contributed by atoms with Gasteiger partial charge in [0.1, 0.15) is 0 Å². The van der Waals surface area contributed by atoms with E-state index in [1.165, 1.54) is 16.7 Å². The van der Waals surface area contributed by atoms with E-state index in [0.29, 0.717) is 0 Å². The largest absolute Gasteiger partial charge is 0.294 e. The lowest BCUT2D eigenvalue weighted by molar-refractivity contribution is 0.245. The number of fused-ring (bicyclic) bond motifs is 1. The van der Waals surface area contributed by atoms with Crippen LogP contribution in [-0.2, 0) is 19.5 Å². The molecule has 3 rings (SSSR count). The highest BCUT2D eigenvalue weighted by atomic mass is 15.1. The lowest BCUT2D eigenvalue weighted by atomic mass is 9.99. The van der Waals surface area contributed by atoms with E-state index in [2.05, 4.69) is 53.4 Å². The maximum Gasteiger partial charge on any atom is 0.0246 e. The number of hydrogen-bond acceptors (Lipinski definition) is 1. The lowest BCUT2D eigenvalue weighted by Gasteiger charge is -2.28. The minimum absolute atomic E-state index is 1.03. The van der Waals surface area contributed by atoms with Gasteiger partial charge in [0.2, 0.25) is 0 Å². The van der Waals surface area contributed by atoms with Crippen molar-refractivity contribution in [3.63, 3.8) is 0 Å². The van der Waals surface area contributed by atoms with Gasteiger partial charge in [0, 0.05) is 19.6 Å². The molecule has 0 spiro atoms. The number of benzene rings is 2. The Morgan fingerprint density at radius 3 is 2.82 bits per heavy atom. The van der Waals surface area contributed by atoms with Crippen LogP contribution < -0.4 is 0 Å². The van der Waals surface area contributed by atoms with Crippen molar-refractivity contribution in [3.8, 4) is 0 Å². The summed E-state index contributed by atoms with van der Waals surface area (Å²) in [5.41, 5.74) is 4.23. The van der Waals surface area contributed by atoms with Gasteiger partial charge < -0.3 is 0 Å². The molecule has 0 aromatic heterocycles. The summed E-state index contributed by atoms with van der Waals surface area (Å²) in [6, 6.07) is 20.4. The Morgan fingerprint density at radius 2 is 1.94 bits per heavy atom. The van der Waals surface area contributed by atoms with Crippen LogP contribution in [0.15, 0.2) is 48.5 Å². The van der Waals surface area contributed by atoms with Gasteiger partial charge in [0.25, 0.3) is 0 Å². The zero-order chi connectivity index (χ0) is 11.5. The minimum Gasteiger partial charge on any atom is -0.294 e. The third-order valence-electron chi connectivity index (χ3n) is 3.37. The second-order valence-electron chi connectivity index (χ2n) is 4.62. The first-order chi connectivity index (χ1) is 8.42. The fourth-order valence-electron chi connectivity index (χ4n) is 2.45. The summed E-state index contributed by atoms with van der Waals surface area (Å²) in [4.78, 5) is 2.49. The van der Waals surface area contributed by atoms with Gasteiger partial charge in [-0.05, 0) is 29.2 Å². The van der Waals surface area contributed by atoms with Crippen LogP contribution in [0.1, 0.15) is 16.7 Å². The zero-order valence-electron chi connectivity index (χ0n) is 9.89. The lowest BCUT2D eigenvalue weighted by Crippen LogP contribution is -2.29. The van der Waals surface area contributed by atoms with Crippen molar-refractivity contribution in [3.05, 3.63) is 71.3 Å². The summed E-state index contributed by atoms with van der Waals surface area (Å²) in [5, 5.41) is 0. The Hall–Kier alpha value is -1.60. The van der Waals surface area contributed by atoms with Gasteiger partial charge in [0.05, 0.1) is 0 Å². The van der Waals surface area contributed by atoms with Gasteiger partial charge in [-0.3, -0.25) is 4.90 Å². The van der Waals surface area contributed by atoms with Crippen LogP contribution in [0, 0.1) is 6.07 Å². The quantitative estimate of drug-likeness (QED) is 0.755. The molecule has 1 aliphatic heterocycles. The van der Waals surface area contributed by atoms with Crippen molar-refractivity contribution >= 4 is 0 Å². The van der Waals surface area contributed by atoms with E-state index in [1.54, 1.807) is 0 Å². The van der Waals surface area contributed by atoms with E-state index in [9.17, 15) is 0 Å². The highest BCUT2D eigenvalue weighted by molar-refractivity contribution is 5.28. The number of hydrogen-bond donors (Lipinski definition) is 0. The molecule has 1 nitrogen and oxygen atoms in total. The Kier molecular flexibility index (Phi) is 2.93. The van der Waals surface area contributed by atoms with Crippen LogP contribution in [0.2, 0.25) is 0 Å². The van der Waals surface area contributed by atoms with Crippen LogP contribution in [0.25, 0.3) is 0 Å². The Morgan fingerprint density at radius 1 is 1.06 bits per heavy atom. The van der Waals surface area contributed by atoms with E-state index in [1.807, 2.05) is 6.07 Å². The molecule has 0 bridgehead atoms. The molecule has 1 heteroatoms. The Balaban J connectivity index is 1.72. The van der Waals surface area contributed by atoms with Gasteiger partial charge in [0.15, 0.2) is 0 Å². The zero-order valence-corrected chi connectivity index (χ0v) is 9.89. The molecule has 0 aliphatic carbocycles. The molecule has 2 aromatic carbocycles. The van der Waals surface area contributed by atoms with Gasteiger partial charge in [-0.1, -0.05) is 48.5 Å². The van der Waals surface area contributed by atoms with Gasteiger partial charge in [-0.2, -0.15) is 0 Å². The van der Waals surface area contributed by atoms with Gasteiger partial charge in [-0.15, -0.1) is 0 Å². The smallest absolute Gasteiger partial charge is 0.0246 e. The van der Waals surface area contributed by atoms with Crippen LogP contribution in [-0.4, -0.2) is 11.4 Å². The van der Waals surface area contributed by atoms with E-state index >= 15 is 0 Å². The summed E-state index contributed by atoms with van der Waals surface area (Å²) >= 11 is 0. The third-order valence-corrected chi connectivity index (χ3v) is 3.37. The molecule has 17 heavy (non-hydrogen) atoms. The fraction of sp³-hybridized carbons (Fsp3) is 0.250. The second-order valence-corrected chi connectivity index (χ2v) is 4.62. The minimum atomic E-state index is 1.03. The van der Waals surface area contributed by atoms with E-state index in [0.717, 1.165) is 26.1 Å². The van der Waals surface area contributed by atoms with Crippen LogP contribution in [0.5, 0.6) is 0 Å². The van der Waals surface area contributed by atoms with Crippen molar-refractivity contribution < 1.29 is 0 Å². The fourth-order valence-corrected chi connectivity index (χ4v) is 2.45. The topological polar surface area (TPSA) is 3.24 Å². The van der Waals surface area contributed by atoms with E-state index in [-0.39, 0.29) is 0 Å². The van der Waals surface area contributed by atoms with Crippen molar-refractivity contribution in [1.82, 2.24) is 4.90 Å². The monoisotopic (exact) mass is 222 g/mol. The second kappa shape index (κ2) is 4.72. The van der Waals surface area contributed by atoms with Crippen molar-refractivity contribution in [1.29, 1.82) is 0 Å². The summed E-state index contributed by atoms with van der Waals surface area (Å²) in [6.07, 6.45) is 1.15. The molecule has 1 radical (unpaired) electrons. The molecular formula is C16H16N. The molecule has 2 aromatic rings. The molecule has 0 fully saturated rings. The molecule has 0 atom stereocenters. The first-order valence-corrected chi connectivity index (χ1v) is 6.16. The predicted molar refractivity (Wildman–Crippen MR) is 69.5 cm³/mol. The molecule has 1 heterocycles. The molecule has 0 amide bonds. The first-order valence-electron chi connectivity index (χ1n) is 6.16. The molecule has 0 saturated carbocycles. The SMILES string of the molecule is [c]1cccc2c1CN(Cc1ccccc1)CC2.